The molecule has 1 aromatic rings. The lowest BCUT2D eigenvalue weighted by Crippen LogP contribution is -2.22. The van der Waals surface area contributed by atoms with E-state index in [0.717, 1.165) is 36.3 Å². The monoisotopic (exact) mass is 299 g/mol. The third kappa shape index (κ3) is 3.00. The van der Waals surface area contributed by atoms with Gasteiger partial charge in [0.25, 0.3) is 0 Å². The van der Waals surface area contributed by atoms with Gasteiger partial charge in [-0.05, 0) is 18.6 Å². The van der Waals surface area contributed by atoms with E-state index < -0.39 is 0 Å². The number of rotatable bonds is 4. The maximum Gasteiger partial charge on any atom is 0.124 e. The molecule has 94 valence electrons. The first-order valence-corrected chi connectivity index (χ1v) is 6.60. The van der Waals surface area contributed by atoms with Gasteiger partial charge in [0.2, 0.25) is 0 Å². The van der Waals surface area contributed by atoms with Crippen molar-refractivity contribution in [2.75, 3.05) is 27.3 Å². The van der Waals surface area contributed by atoms with Crippen molar-refractivity contribution < 1.29 is 9.47 Å². The molecule has 0 N–H and O–H groups in total. The highest BCUT2D eigenvalue weighted by Gasteiger charge is 2.23. The third-order valence-corrected chi connectivity index (χ3v) is 3.98. The van der Waals surface area contributed by atoms with Crippen LogP contribution >= 0.6 is 15.9 Å². The first kappa shape index (κ1) is 12.9. The zero-order chi connectivity index (χ0) is 12.3. The second kappa shape index (κ2) is 5.85. The average Bonchev–Trinajstić information content (AvgIpc) is 2.79. The van der Waals surface area contributed by atoms with Gasteiger partial charge in [0.05, 0.1) is 13.2 Å². The van der Waals surface area contributed by atoms with Gasteiger partial charge in [0.15, 0.2) is 0 Å². The molecule has 1 fully saturated rings. The number of methoxy groups -OCH3 is 2. The van der Waals surface area contributed by atoms with Crippen molar-refractivity contribution in [3.8, 4) is 5.75 Å². The predicted molar refractivity (Wildman–Crippen MR) is 71.4 cm³/mol. The smallest absolute Gasteiger partial charge is 0.124 e. The standard InChI is InChI=1S/C13H18BrNO2/c1-16-10-6-7-15(8-10)9-11-12(14)4-3-5-13(11)17-2/h3-5,10H,6-9H2,1-2H3/t10-/m0/s1. The SMILES string of the molecule is COc1cccc(Br)c1CN1CC[C@H](OC)C1. The minimum atomic E-state index is 0.378. The van der Waals surface area contributed by atoms with Crippen LogP contribution < -0.4 is 4.74 Å². The summed E-state index contributed by atoms with van der Waals surface area (Å²) in [5.74, 6) is 0.945. The van der Waals surface area contributed by atoms with Crippen LogP contribution in [-0.4, -0.2) is 38.3 Å². The fourth-order valence-electron chi connectivity index (χ4n) is 2.24. The van der Waals surface area contributed by atoms with Gasteiger partial charge in [-0.3, -0.25) is 4.90 Å². The molecule has 1 atom stereocenters. The number of hydrogen-bond acceptors (Lipinski definition) is 3. The van der Waals surface area contributed by atoms with E-state index in [2.05, 4.69) is 26.9 Å². The van der Waals surface area contributed by atoms with Gasteiger partial charge in [0, 0.05) is 36.8 Å². The van der Waals surface area contributed by atoms with E-state index in [-0.39, 0.29) is 0 Å². The number of nitrogens with zero attached hydrogens (tertiary/aromatic N) is 1. The van der Waals surface area contributed by atoms with Gasteiger partial charge in [-0.2, -0.15) is 0 Å². The van der Waals surface area contributed by atoms with Crippen LogP contribution in [0.25, 0.3) is 0 Å². The molecule has 1 aliphatic heterocycles. The van der Waals surface area contributed by atoms with Crippen LogP contribution in [0.4, 0.5) is 0 Å². The zero-order valence-corrected chi connectivity index (χ0v) is 11.9. The summed E-state index contributed by atoms with van der Waals surface area (Å²) >= 11 is 3.59. The Bertz CT molecular complexity index is 384. The molecule has 0 aliphatic carbocycles. The average molecular weight is 300 g/mol. The molecule has 1 aromatic carbocycles. The molecule has 4 heteroatoms. The van der Waals surface area contributed by atoms with E-state index in [0.29, 0.717) is 6.10 Å². The Balaban J connectivity index is 2.08. The van der Waals surface area contributed by atoms with E-state index in [9.17, 15) is 0 Å². The van der Waals surface area contributed by atoms with Gasteiger partial charge in [-0.1, -0.05) is 22.0 Å². The quantitative estimate of drug-likeness (QED) is 0.853. The molecule has 0 unspecified atom stereocenters. The first-order valence-electron chi connectivity index (χ1n) is 5.81. The predicted octanol–water partition coefficient (Wildman–Crippen LogP) is 2.68. The summed E-state index contributed by atoms with van der Waals surface area (Å²) in [5.41, 5.74) is 1.21. The summed E-state index contributed by atoms with van der Waals surface area (Å²) in [7, 11) is 3.50. The highest BCUT2D eigenvalue weighted by molar-refractivity contribution is 9.10. The van der Waals surface area contributed by atoms with E-state index in [1.165, 1.54) is 5.56 Å². The largest absolute Gasteiger partial charge is 0.496 e. The second-order valence-corrected chi connectivity index (χ2v) is 5.16. The Morgan fingerprint density at radius 1 is 1.41 bits per heavy atom. The topological polar surface area (TPSA) is 21.7 Å². The molecular weight excluding hydrogens is 282 g/mol. The van der Waals surface area contributed by atoms with Crippen molar-refractivity contribution in [2.45, 2.75) is 19.1 Å². The van der Waals surface area contributed by atoms with Crippen LogP contribution in [0.1, 0.15) is 12.0 Å². The Labute approximate surface area is 111 Å². The van der Waals surface area contributed by atoms with Crippen molar-refractivity contribution >= 4 is 15.9 Å². The highest BCUT2D eigenvalue weighted by atomic mass is 79.9. The Kier molecular flexibility index (Phi) is 4.42. The molecule has 3 nitrogen and oxygen atoms in total. The minimum Gasteiger partial charge on any atom is -0.496 e. The summed E-state index contributed by atoms with van der Waals surface area (Å²) in [6, 6.07) is 6.06. The molecule has 1 saturated heterocycles. The van der Waals surface area contributed by atoms with Crippen LogP contribution in [-0.2, 0) is 11.3 Å². The van der Waals surface area contributed by atoms with Crippen molar-refractivity contribution in [3.05, 3.63) is 28.2 Å². The van der Waals surface area contributed by atoms with E-state index in [4.69, 9.17) is 9.47 Å². The van der Waals surface area contributed by atoms with Crippen molar-refractivity contribution in [1.29, 1.82) is 0 Å². The number of ether oxygens (including phenoxy) is 2. The third-order valence-electron chi connectivity index (χ3n) is 3.24. The Hall–Kier alpha value is -0.580. The molecule has 1 aliphatic rings. The van der Waals surface area contributed by atoms with Crippen LogP contribution in [0.2, 0.25) is 0 Å². The lowest BCUT2D eigenvalue weighted by molar-refractivity contribution is 0.107. The molecule has 1 heterocycles. The summed E-state index contributed by atoms with van der Waals surface area (Å²) in [6.45, 7) is 2.99. The fraction of sp³-hybridized carbons (Fsp3) is 0.538. The lowest BCUT2D eigenvalue weighted by atomic mass is 10.2. The molecular formula is C13H18BrNO2. The fourth-order valence-corrected chi connectivity index (χ4v) is 2.71. The number of hydrogen-bond donors (Lipinski definition) is 0. The van der Waals surface area contributed by atoms with Gasteiger partial charge in [-0.15, -0.1) is 0 Å². The van der Waals surface area contributed by atoms with E-state index in [1.807, 2.05) is 12.1 Å². The van der Waals surface area contributed by atoms with Crippen molar-refractivity contribution in [3.63, 3.8) is 0 Å². The summed E-state index contributed by atoms with van der Waals surface area (Å²) < 4.78 is 11.9. The van der Waals surface area contributed by atoms with Gasteiger partial charge < -0.3 is 9.47 Å². The number of halogens is 1. The first-order chi connectivity index (χ1) is 8.24. The molecule has 0 amide bonds. The Morgan fingerprint density at radius 2 is 2.24 bits per heavy atom. The second-order valence-electron chi connectivity index (χ2n) is 4.30. The number of benzene rings is 1. The number of likely N-dealkylation sites (tertiary alicyclic amines) is 1. The van der Waals surface area contributed by atoms with Gasteiger partial charge in [-0.25, -0.2) is 0 Å². The molecule has 2 rings (SSSR count). The summed E-state index contributed by atoms with van der Waals surface area (Å²) in [5, 5.41) is 0. The maximum absolute atomic E-state index is 5.40. The molecule has 0 saturated carbocycles. The van der Waals surface area contributed by atoms with Crippen LogP contribution in [0.15, 0.2) is 22.7 Å². The van der Waals surface area contributed by atoms with Gasteiger partial charge >= 0.3 is 0 Å². The van der Waals surface area contributed by atoms with E-state index in [1.54, 1.807) is 14.2 Å². The highest BCUT2D eigenvalue weighted by Crippen LogP contribution is 2.29. The maximum atomic E-state index is 5.40. The minimum absolute atomic E-state index is 0.378. The van der Waals surface area contributed by atoms with Crippen LogP contribution in [0.3, 0.4) is 0 Å². The van der Waals surface area contributed by atoms with Gasteiger partial charge in [0.1, 0.15) is 5.75 Å². The molecule has 0 spiro atoms. The molecule has 0 bridgehead atoms. The van der Waals surface area contributed by atoms with Crippen molar-refractivity contribution in [2.24, 2.45) is 0 Å². The molecule has 17 heavy (non-hydrogen) atoms. The van der Waals surface area contributed by atoms with Crippen molar-refractivity contribution in [1.82, 2.24) is 4.90 Å². The summed E-state index contributed by atoms with van der Waals surface area (Å²) in [6.07, 6.45) is 1.49. The molecule has 0 aromatic heterocycles. The van der Waals surface area contributed by atoms with Crippen LogP contribution in [0.5, 0.6) is 5.75 Å². The Morgan fingerprint density at radius 3 is 2.88 bits per heavy atom. The van der Waals surface area contributed by atoms with Crippen LogP contribution in [0, 0.1) is 0 Å². The van der Waals surface area contributed by atoms with E-state index >= 15 is 0 Å². The molecule has 0 radical (unpaired) electrons. The zero-order valence-electron chi connectivity index (χ0n) is 10.3. The lowest BCUT2D eigenvalue weighted by Gasteiger charge is -2.18. The summed E-state index contributed by atoms with van der Waals surface area (Å²) in [4.78, 5) is 2.40. The normalized spacial score (nSPS) is 20.8.